The SMILES string of the molecule is CCN(C)C(=O)CNC(=O)C1(N)CCCC1. The van der Waals surface area contributed by atoms with Gasteiger partial charge in [0.15, 0.2) is 0 Å². The van der Waals surface area contributed by atoms with E-state index < -0.39 is 5.54 Å². The summed E-state index contributed by atoms with van der Waals surface area (Å²) in [6.45, 7) is 2.58. The maximum atomic E-state index is 11.8. The second kappa shape index (κ2) is 5.30. The van der Waals surface area contributed by atoms with Crippen molar-refractivity contribution in [3.8, 4) is 0 Å². The van der Waals surface area contributed by atoms with Gasteiger partial charge in [-0.2, -0.15) is 0 Å². The van der Waals surface area contributed by atoms with Gasteiger partial charge >= 0.3 is 0 Å². The fourth-order valence-electron chi connectivity index (χ4n) is 1.88. The van der Waals surface area contributed by atoms with Crippen molar-refractivity contribution < 1.29 is 9.59 Å². The second-order valence-corrected chi connectivity index (χ2v) is 4.45. The predicted molar refractivity (Wildman–Crippen MR) is 61.7 cm³/mol. The summed E-state index contributed by atoms with van der Waals surface area (Å²) in [4.78, 5) is 24.8. The van der Waals surface area contributed by atoms with Crippen molar-refractivity contribution in [2.75, 3.05) is 20.1 Å². The summed E-state index contributed by atoms with van der Waals surface area (Å²) in [5.41, 5.74) is 5.22. The molecule has 0 aliphatic heterocycles. The highest BCUT2D eigenvalue weighted by molar-refractivity contribution is 5.90. The van der Waals surface area contributed by atoms with E-state index in [0.29, 0.717) is 6.54 Å². The van der Waals surface area contributed by atoms with Crippen LogP contribution in [0.5, 0.6) is 0 Å². The van der Waals surface area contributed by atoms with Gasteiger partial charge in [0.25, 0.3) is 0 Å². The van der Waals surface area contributed by atoms with Gasteiger partial charge in [-0.15, -0.1) is 0 Å². The molecule has 0 bridgehead atoms. The number of amides is 2. The van der Waals surface area contributed by atoms with Gasteiger partial charge in [-0.25, -0.2) is 0 Å². The molecule has 5 nitrogen and oxygen atoms in total. The first-order valence-corrected chi connectivity index (χ1v) is 5.81. The molecule has 92 valence electrons. The Kier molecular flexibility index (Phi) is 4.29. The average Bonchev–Trinajstić information content (AvgIpc) is 2.72. The minimum atomic E-state index is -0.745. The standard InChI is InChI=1S/C11H21N3O2/c1-3-14(2)9(15)8-13-10(16)11(12)6-4-5-7-11/h3-8,12H2,1-2H3,(H,13,16). The van der Waals surface area contributed by atoms with E-state index in [1.54, 1.807) is 11.9 Å². The fraction of sp³-hybridized carbons (Fsp3) is 0.818. The third-order valence-corrected chi connectivity index (χ3v) is 3.25. The summed E-state index contributed by atoms with van der Waals surface area (Å²) in [5.74, 6) is -0.277. The number of carbonyl (C=O) groups excluding carboxylic acids is 2. The molecule has 1 rings (SSSR count). The molecule has 0 aromatic heterocycles. The molecule has 0 radical (unpaired) electrons. The molecule has 1 aliphatic carbocycles. The topological polar surface area (TPSA) is 75.4 Å². The number of likely N-dealkylation sites (N-methyl/N-ethyl adjacent to an activating group) is 1. The van der Waals surface area contributed by atoms with E-state index in [0.717, 1.165) is 25.7 Å². The normalized spacial score (nSPS) is 18.2. The van der Waals surface area contributed by atoms with Gasteiger partial charge in [0.2, 0.25) is 11.8 Å². The van der Waals surface area contributed by atoms with E-state index in [9.17, 15) is 9.59 Å². The second-order valence-electron chi connectivity index (χ2n) is 4.45. The lowest BCUT2D eigenvalue weighted by molar-refractivity contribution is -0.133. The van der Waals surface area contributed by atoms with Crippen molar-refractivity contribution in [2.45, 2.75) is 38.1 Å². The molecule has 1 fully saturated rings. The lowest BCUT2D eigenvalue weighted by Crippen LogP contribution is -2.53. The average molecular weight is 227 g/mol. The summed E-state index contributed by atoms with van der Waals surface area (Å²) < 4.78 is 0. The Morgan fingerprint density at radius 3 is 2.44 bits per heavy atom. The van der Waals surface area contributed by atoms with Crippen LogP contribution in [0.4, 0.5) is 0 Å². The molecule has 5 heteroatoms. The van der Waals surface area contributed by atoms with Crippen LogP contribution in [0.2, 0.25) is 0 Å². The van der Waals surface area contributed by atoms with Crippen molar-refractivity contribution in [1.29, 1.82) is 0 Å². The third kappa shape index (κ3) is 2.95. The van der Waals surface area contributed by atoms with E-state index in [4.69, 9.17) is 5.73 Å². The Bertz CT molecular complexity index is 272. The van der Waals surface area contributed by atoms with Gasteiger partial charge in [-0.1, -0.05) is 12.8 Å². The molecular weight excluding hydrogens is 206 g/mol. The van der Waals surface area contributed by atoms with Crippen LogP contribution in [-0.2, 0) is 9.59 Å². The Balaban J connectivity index is 2.38. The number of nitrogens with two attached hydrogens (primary N) is 1. The molecule has 3 N–H and O–H groups in total. The monoisotopic (exact) mass is 227 g/mol. The largest absolute Gasteiger partial charge is 0.345 e. The van der Waals surface area contributed by atoms with Crippen molar-refractivity contribution in [3.05, 3.63) is 0 Å². The van der Waals surface area contributed by atoms with Crippen molar-refractivity contribution in [2.24, 2.45) is 5.73 Å². The zero-order valence-electron chi connectivity index (χ0n) is 10.1. The summed E-state index contributed by atoms with van der Waals surface area (Å²) in [7, 11) is 1.71. The van der Waals surface area contributed by atoms with Crippen LogP contribution in [0.25, 0.3) is 0 Å². The highest BCUT2D eigenvalue weighted by Gasteiger charge is 2.36. The molecule has 0 atom stereocenters. The third-order valence-electron chi connectivity index (χ3n) is 3.25. The molecule has 0 aromatic rings. The summed E-state index contributed by atoms with van der Waals surface area (Å²) in [6, 6.07) is 0. The Labute approximate surface area is 96.4 Å². The van der Waals surface area contributed by atoms with Crippen LogP contribution >= 0.6 is 0 Å². The van der Waals surface area contributed by atoms with E-state index in [-0.39, 0.29) is 18.4 Å². The molecule has 0 saturated heterocycles. The van der Waals surface area contributed by atoms with E-state index in [2.05, 4.69) is 5.32 Å². The molecule has 1 saturated carbocycles. The van der Waals surface area contributed by atoms with Gasteiger partial charge in [0, 0.05) is 13.6 Å². The lowest BCUT2D eigenvalue weighted by Gasteiger charge is -2.23. The number of nitrogens with zero attached hydrogens (tertiary/aromatic N) is 1. The number of nitrogens with one attached hydrogen (secondary N) is 1. The van der Waals surface area contributed by atoms with Crippen LogP contribution in [0.15, 0.2) is 0 Å². The summed E-state index contributed by atoms with van der Waals surface area (Å²) >= 11 is 0. The van der Waals surface area contributed by atoms with Crippen LogP contribution in [0.3, 0.4) is 0 Å². The number of carbonyl (C=O) groups is 2. The summed E-state index contributed by atoms with van der Waals surface area (Å²) in [5, 5.41) is 2.62. The maximum Gasteiger partial charge on any atom is 0.241 e. The molecule has 1 aliphatic rings. The fourth-order valence-corrected chi connectivity index (χ4v) is 1.88. The predicted octanol–water partition coefficient (Wildman–Crippen LogP) is -0.148. The van der Waals surface area contributed by atoms with E-state index >= 15 is 0 Å². The minimum Gasteiger partial charge on any atom is -0.345 e. The van der Waals surface area contributed by atoms with Gasteiger partial charge in [-0.05, 0) is 19.8 Å². The van der Waals surface area contributed by atoms with E-state index in [1.807, 2.05) is 6.92 Å². The highest BCUT2D eigenvalue weighted by Crippen LogP contribution is 2.26. The molecular formula is C11H21N3O2. The van der Waals surface area contributed by atoms with Crippen LogP contribution in [-0.4, -0.2) is 42.4 Å². The zero-order valence-corrected chi connectivity index (χ0v) is 10.1. The van der Waals surface area contributed by atoms with Gasteiger partial charge < -0.3 is 16.0 Å². The maximum absolute atomic E-state index is 11.8. The zero-order chi connectivity index (χ0) is 12.2. The quantitative estimate of drug-likeness (QED) is 0.701. The van der Waals surface area contributed by atoms with Crippen molar-refractivity contribution >= 4 is 11.8 Å². The molecule has 0 spiro atoms. The number of hydrogen-bond acceptors (Lipinski definition) is 3. The van der Waals surface area contributed by atoms with E-state index in [1.165, 1.54) is 0 Å². The Morgan fingerprint density at radius 2 is 1.94 bits per heavy atom. The lowest BCUT2D eigenvalue weighted by atomic mass is 9.98. The van der Waals surface area contributed by atoms with Gasteiger partial charge in [0.05, 0.1) is 12.1 Å². The molecule has 16 heavy (non-hydrogen) atoms. The first kappa shape index (κ1) is 13.0. The summed E-state index contributed by atoms with van der Waals surface area (Å²) in [6.07, 6.45) is 3.42. The molecule has 0 unspecified atom stereocenters. The minimum absolute atomic E-state index is 0.0438. The number of hydrogen-bond donors (Lipinski definition) is 2. The van der Waals surface area contributed by atoms with Crippen molar-refractivity contribution in [3.63, 3.8) is 0 Å². The van der Waals surface area contributed by atoms with Gasteiger partial charge in [0.1, 0.15) is 0 Å². The van der Waals surface area contributed by atoms with Gasteiger partial charge in [-0.3, -0.25) is 9.59 Å². The Morgan fingerprint density at radius 1 is 1.38 bits per heavy atom. The van der Waals surface area contributed by atoms with Crippen molar-refractivity contribution in [1.82, 2.24) is 10.2 Å². The smallest absolute Gasteiger partial charge is 0.241 e. The Hall–Kier alpha value is -1.10. The molecule has 0 heterocycles. The number of rotatable bonds is 4. The van der Waals surface area contributed by atoms with Crippen LogP contribution < -0.4 is 11.1 Å². The molecule has 2 amide bonds. The molecule has 0 aromatic carbocycles. The van der Waals surface area contributed by atoms with Crippen LogP contribution in [0.1, 0.15) is 32.6 Å². The highest BCUT2D eigenvalue weighted by atomic mass is 16.2. The first-order chi connectivity index (χ1) is 7.49. The first-order valence-electron chi connectivity index (χ1n) is 5.81. The van der Waals surface area contributed by atoms with Crippen LogP contribution in [0, 0.1) is 0 Å².